The molecule has 0 spiro atoms. The molecule has 3 fully saturated rings. The number of ether oxygens (including phenoxy) is 9. The van der Waals surface area contributed by atoms with E-state index in [2.05, 4.69) is 0 Å². The fourth-order valence-electron chi connectivity index (χ4n) is 8.62. The van der Waals surface area contributed by atoms with Crippen LogP contribution in [0, 0.1) is 17.8 Å². The van der Waals surface area contributed by atoms with E-state index in [9.17, 15) is 34.5 Å². The van der Waals surface area contributed by atoms with Crippen LogP contribution in [0.3, 0.4) is 0 Å². The zero-order chi connectivity index (χ0) is 43.9. The van der Waals surface area contributed by atoms with Crippen LogP contribution in [0.5, 0.6) is 0 Å². The minimum Gasteiger partial charge on any atom is -0.462 e. The highest BCUT2D eigenvalue weighted by Gasteiger charge is 2.53. The Bertz CT molecular complexity index is 1420. The summed E-state index contributed by atoms with van der Waals surface area (Å²) in [6.07, 6.45) is -8.10. The summed E-state index contributed by atoms with van der Waals surface area (Å²) in [4.78, 5) is 52.5. The number of carbonyl (C=O) groups is 4. The number of rotatable bonds is 12. The van der Waals surface area contributed by atoms with Crippen LogP contribution in [0.25, 0.3) is 0 Å². The lowest BCUT2D eigenvalue weighted by atomic mass is 9.82. The monoisotopic (exact) mass is 843 g/mol. The van der Waals surface area contributed by atoms with E-state index < -0.39 is 121 Å². The lowest BCUT2D eigenvalue weighted by molar-refractivity contribution is -0.344. The number of cyclic esters (lactones) is 1. The quantitative estimate of drug-likeness (QED) is 0.0844. The topological polar surface area (TPSA) is 219 Å². The van der Waals surface area contributed by atoms with Crippen LogP contribution in [-0.4, -0.2) is 163 Å². The van der Waals surface area contributed by atoms with Gasteiger partial charge in [0, 0.05) is 39.7 Å². The third-order valence-electron chi connectivity index (χ3n) is 11.6. The van der Waals surface area contributed by atoms with Gasteiger partial charge < -0.3 is 67.6 Å². The first-order valence-electron chi connectivity index (χ1n) is 20.9. The third-order valence-corrected chi connectivity index (χ3v) is 11.6. The lowest BCUT2D eigenvalue weighted by Gasteiger charge is -2.50. The summed E-state index contributed by atoms with van der Waals surface area (Å²) in [6.45, 7) is 13.5. The largest absolute Gasteiger partial charge is 0.462 e. The Kier molecular flexibility index (Phi) is 17.9. The first-order valence-corrected chi connectivity index (χ1v) is 20.9. The third kappa shape index (κ3) is 13.5. The number of nitrogens with zero attached hydrogens (tertiary/aromatic N) is 1. The van der Waals surface area contributed by atoms with E-state index in [0.29, 0.717) is 12.7 Å². The van der Waals surface area contributed by atoms with Gasteiger partial charge in [-0.3, -0.25) is 14.4 Å². The number of fused-ring (bicyclic) bond motifs is 1. The van der Waals surface area contributed by atoms with Crippen molar-refractivity contribution in [2.24, 2.45) is 17.8 Å². The molecule has 0 aromatic rings. The van der Waals surface area contributed by atoms with Gasteiger partial charge in [-0.1, -0.05) is 32.9 Å². The molecule has 4 aliphatic rings. The molecule has 59 heavy (non-hydrogen) atoms. The molecule has 0 radical (unpaired) electrons. The summed E-state index contributed by atoms with van der Waals surface area (Å²) < 4.78 is 54.4. The molecule has 18 atom stereocenters. The number of aliphatic hydroxyl groups is 3. The average Bonchev–Trinajstić information content (AvgIpc) is 3.85. The fraction of sp³-hybridized carbons (Fsp3) is 0.857. The molecule has 0 unspecified atom stereocenters. The van der Waals surface area contributed by atoms with Gasteiger partial charge >= 0.3 is 17.9 Å². The SMILES string of the molecule is CO[C@@H]1[C@@H](O[C@@H]2O[C@@H](C)[C@@H](O[C@H]3C[C@](C)(O)[C@@H](OC(=O)CC(C)C)[C@@H](C)O3)[C@@H](N(C)C)[C@@H]2O)[C@@H](CC=O)C[C@@H](C)[C@@H](O)C=C[C@H]2O[C@@H]2C[C@@H](C)OC(=O)C[C@H]1OC(C)=O. The molecule has 17 nitrogen and oxygen atoms in total. The van der Waals surface area contributed by atoms with Crippen molar-refractivity contribution >= 4 is 24.2 Å². The van der Waals surface area contributed by atoms with Gasteiger partial charge in [-0.2, -0.15) is 0 Å². The number of esters is 3. The minimum atomic E-state index is -1.50. The molecule has 4 aliphatic heterocycles. The van der Waals surface area contributed by atoms with E-state index >= 15 is 0 Å². The number of carbonyl (C=O) groups excluding carboxylic acids is 4. The van der Waals surface area contributed by atoms with Crippen molar-refractivity contribution in [3.63, 3.8) is 0 Å². The van der Waals surface area contributed by atoms with Crippen molar-refractivity contribution in [3.8, 4) is 0 Å². The van der Waals surface area contributed by atoms with E-state index in [-0.39, 0.29) is 43.8 Å². The molecular formula is C42H69NO16. The van der Waals surface area contributed by atoms with E-state index in [4.69, 9.17) is 42.6 Å². The minimum absolute atomic E-state index is 0.0481. The van der Waals surface area contributed by atoms with Gasteiger partial charge in [0.15, 0.2) is 18.7 Å². The van der Waals surface area contributed by atoms with Crippen molar-refractivity contribution in [1.29, 1.82) is 0 Å². The Morgan fingerprint density at radius 2 is 1.68 bits per heavy atom. The standard InChI is InChI=1S/C42H69NO16/c1-21(2)16-32(47)57-40-25(6)53-34(20-42(40,8)50)58-37-24(5)54-41(36(49)35(37)43(9)10)59-38-27(14-15-44)17-22(3)28(46)12-13-29-30(56-29)18-23(4)52-33(48)19-31(39(38)51-11)55-26(7)45/h12-13,15,21-25,27-31,34-41,46,49-50H,14,16-20H2,1-11H3/t22-,23-,24+,25-,27+,28+,29-,30-,31-,34+,35+,36+,37-,38+,39+,40+,41+,42+/m1/s1. The molecule has 4 rings (SSSR count). The maximum atomic E-state index is 13.3. The van der Waals surface area contributed by atoms with E-state index in [1.807, 2.05) is 20.8 Å². The number of aliphatic hydroxyl groups excluding tert-OH is 2. The molecule has 0 saturated carbocycles. The van der Waals surface area contributed by atoms with E-state index in [1.165, 1.54) is 14.0 Å². The van der Waals surface area contributed by atoms with Gasteiger partial charge in [-0.05, 0) is 66.0 Å². The van der Waals surface area contributed by atoms with Crippen molar-refractivity contribution in [2.75, 3.05) is 21.2 Å². The zero-order valence-corrected chi connectivity index (χ0v) is 36.5. The van der Waals surface area contributed by atoms with Crippen molar-refractivity contribution in [2.45, 2.75) is 191 Å². The fourth-order valence-corrected chi connectivity index (χ4v) is 8.62. The smallest absolute Gasteiger partial charge is 0.309 e. The molecule has 0 aliphatic carbocycles. The predicted molar refractivity (Wildman–Crippen MR) is 209 cm³/mol. The summed E-state index contributed by atoms with van der Waals surface area (Å²) >= 11 is 0. The highest BCUT2D eigenvalue weighted by atomic mass is 16.7. The number of aldehydes is 1. The lowest BCUT2D eigenvalue weighted by Crippen LogP contribution is -2.66. The molecule has 3 N–H and O–H groups in total. The first kappa shape index (κ1) is 49.1. The van der Waals surface area contributed by atoms with E-state index in [0.717, 1.165) is 0 Å². The molecule has 17 heteroatoms. The van der Waals surface area contributed by atoms with E-state index in [1.54, 1.807) is 58.8 Å². The Labute approximate surface area is 348 Å². The van der Waals surface area contributed by atoms with Crippen LogP contribution in [0.4, 0.5) is 0 Å². The number of epoxide rings is 1. The second-order valence-electron chi connectivity index (χ2n) is 17.7. The van der Waals surface area contributed by atoms with Gasteiger partial charge in [-0.25, -0.2) is 0 Å². The van der Waals surface area contributed by atoms with Gasteiger partial charge in [0.05, 0.1) is 43.0 Å². The number of likely N-dealkylation sites (N-methyl/N-ethyl adjacent to an activating group) is 1. The van der Waals surface area contributed by atoms with Crippen molar-refractivity contribution in [3.05, 3.63) is 12.2 Å². The first-order chi connectivity index (χ1) is 27.6. The van der Waals surface area contributed by atoms with Gasteiger partial charge in [0.2, 0.25) is 0 Å². The Morgan fingerprint density at radius 3 is 2.27 bits per heavy atom. The number of methoxy groups -OCH3 is 1. The van der Waals surface area contributed by atoms with Crippen LogP contribution in [0.15, 0.2) is 12.2 Å². The zero-order valence-electron chi connectivity index (χ0n) is 36.5. The molecule has 0 aromatic heterocycles. The molecule has 0 aromatic carbocycles. The van der Waals surface area contributed by atoms with Gasteiger partial charge in [0.25, 0.3) is 0 Å². The summed E-state index contributed by atoms with van der Waals surface area (Å²) in [5.41, 5.74) is -1.50. The predicted octanol–water partition coefficient (Wildman–Crippen LogP) is 2.22. The van der Waals surface area contributed by atoms with Crippen LogP contribution in [-0.2, 0) is 61.8 Å². The van der Waals surface area contributed by atoms with Crippen LogP contribution < -0.4 is 0 Å². The average molecular weight is 844 g/mol. The van der Waals surface area contributed by atoms with Crippen LogP contribution in [0.1, 0.15) is 93.9 Å². The van der Waals surface area contributed by atoms with Crippen LogP contribution in [0.2, 0.25) is 0 Å². The summed E-state index contributed by atoms with van der Waals surface area (Å²) in [5.74, 6) is -2.85. The maximum absolute atomic E-state index is 13.3. The summed E-state index contributed by atoms with van der Waals surface area (Å²) in [5, 5.41) is 34.8. The summed E-state index contributed by atoms with van der Waals surface area (Å²) in [6, 6.07) is -0.786. The normalized spacial score (nSPS) is 42.4. The second kappa shape index (κ2) is 21.5. The van der Waals surface area contributed by atoms with Gasteiger partial charge in [-0.15, -0.1) is 0 Å². The van der Waals surface area contributed by atoms with Crippen LogP contribution >= 0.6 is 0 Å². The Morgan fingerprint density at radius 1 is 0.983 bits per heavy atom. The number of hydrogen-bond acceptors (Lipinski definition) is 17. The van der Waals surface area contributed by atoms with Crippen molar-refractivity contribution < 1.29 is 77.1 Å². The molecule has 0 amide bonds. The number of hydrogen-bond donors (Lipinski definition) is 3. The highest BCUT2D eigenvalue weighted by Crippen LogP contribution is 2.38. The second-order valence-corrected chi connectivity index (χ2v) is 17.7. The molecular weight excluding hydrogens is 774 g/mol. The Balaban J connectivity index is 1.63. The molecule has 3 saturated heterocycles. The molecule has 4 heterocycles. The highest BCUT2D eigenvalue weighted by molar-refractivity contribution is 5.72. The molecule has 0 bridgehead atoms. The summed E-state index contributed by atoms with van der Waals surface area (Å²) in [7, 11) is 4.85. The Hall–Kier alpha value is -2.58. The maximum Gasteiger partial charge on any atom is 0.309 e. The molecule has 338 valence electrons. The van der Waals surface area contributed by atoms with Gasteiger partial charge in [0.1, 0.15) is 48.5 Å². The van der Waals surface area contributed by atoms with Crippen molar-refractivity contribution in [1.82, 2.24) is 4.90 Å².